The largest absolute Gasteiger partial charge is 0.493 e. The smallest absolute Gasteiger partial charge is 0.219 e. The van der Waals surface area contributed by atoms with E-state index in [2.05, 4.69) is 27.0 Å². The van der Waals surface area contributed by atoms with E-state index in [0.717, 1.165) is 11.3 Å². The maximum absolute atomic E-state index is 13.5. The van der Waals surface area contributed by atoms with Gasteiger partial charge in [0.2, 0.25) is 17.4 Å². The van der Waals surface area contributed by atoms with E-state index >= 15 is 0 Å². The molecule has 0 saturated heterocycles. The molecule has 2 aliphatic rings. The van der Waals surface area contributed by atoms with Crippen LogP contribution in [0.25, 0.3) is 0 Å². The van der Waals surface area contributed by atoms with Gasteiger partial charge in [0.15, 0.2) is 17.3 Å². The normalized spacial score (nSPS) is 19.9. The highest BCUT2D eigenvalue weighted by molar-refractivity contribution is 7.10. The number of anilines is 2. The summed E-state index contributed by atoms with van der Waals surface area (Å²) < 4.78 is 21.5. The first-order chi connectivity index (χ1) is 15.6. The summed E-state index contributed by atoms with van der Waals surface area (Å²) >= 11 is 1.66. The Morgan fingerprint density at radius 2 is 1.81 bits per heavy atom. The highest BCUT2D eigenvalue weighted by Crippen LogP contribution is 2.47. The van der Waals surface area contributed by atoms with Crippen LogP contribution in [0.3, 0.4) is 0 Å². The molecule has 2 atom stereocenters. The van der Waals surface area contributed by atoms with Crippen LogP contribution in [-0.2, 0) is 4.79 Å². The summed E-state index contributed by atoms with van der Waals surface area (Å²) in [5.41, 5.74) is 2.22. The fourth-order valence-corrected chi connectivity index (χ4v) is 5.17. The molecule has 10 heteroatoms. The van der Waals surface area contributed by atoms with E-state index in [1.54, 1.807) is 32.7 Å². The number of hydrogen-bond acceptors (Lipinski definition) is 10. The van der Waals surface area contributed by atoms with Crippen LogP contribution in [0, 0.1) is 0 Å². The summed E-state index contributed by atoms with van der Waals surface area (Å²) in [6.07, 6.45) is 1.11. The maximum atomic E-state index is 13.5. The Morgan fingerprint density at radius 3 is 2.47 bits per heavy atom. The number of fused-ring (bicyclic) bond motifs is 1. The third-order valence-electron chi connectivity index (χ3n) is 5.80. The Morgan fingerprint density at radius 1 is 1.06 bits per heavy atom. The van der Waals surface area contributed by atoms with Gasteiger partial charge in [-0.2, -0.15) is 0 Å². The second-order valence-electron chi connectivity index (χ2n) is 7.56. The van der Waals surface area contributed by atoms with Gasteiger partial charge < -0.3 is 24.8 Å². The molecule has 0 bridgehead atoms. The van der Waals surface area contributed by atoms with Crippen LogP contribution < -0.4 is 24.8 Å². The van der Waals surface area contributed by atoms with Crippen molar-refractivity contribution in [1.29, 1.82) is 0 Å². The van der Waals surface area contributed by atoms with Crippen molar-refractivity contribution in [1.82, 2.24) is 10.3 Å². The number of Topliss-reactive ketones (excluding diaryl/α,β-unsaturated/α-hetero) is 1. The summed E-state index contributed by atoms with van der Waals surface area (Å²) in [6, 6.07) is 7.25. The Kier molecular flexibility index (Phi) is 5.22. The first-order valence-electron chi connectivity index (χ1n) is 10.1. The minimum Gasteiger partial charge on any atom is -0.493 e. The molecular formula is C22H22N4O5S. The van der Waals surface area contributed by atoms with Gasteiger partial charge in [-0.25, -0.2) is 4.63 Å². The number of rotatable bonds is 5. The number of nitrogens with zero attached hydrogens (tertiary/aromatic N) is 2. The first-order valence-corrected chi connectivity index (χ1v) is 11.0. The molecule has 0 saturated carbocycles. The van der Waals surface area contributed by atoms with Crippen LogP contribution in [0.1, 0.15) is 35.2 Å². The maximum Gasteiger partial charge on any atom is 0.219 e. The second-order valence-corrected chi connectivity index (χ2v) is 8.54. The zero-order valence-electron chi connectivity index (χ0n) is 17.8. The van der Waals surface area contributed by atoms with Gasteiger partial charge in [0.1, 0.15) is 0 Å². The van der Waals surface area contributed by atoms with Crippen LogP contribution >= 0.6 is 11.3 Å². The minimum atomic E-state index is -0.504. The number of hydrogen-bond donors (Lipinski definition) is 2. The SMILES string of the molecule is COc1cc([C@H]2Nc3nonc3NC3=C2C(=O)C[C@@H](c2cccs2)C3)cc(OC)c1OC. The lowest BCUT2D eigenvalue weighted by Gasteiger charge is -2.29. The number of ether oxygens (including phenoxy) is 3. The molecule has 166 valence electrons. The molecule has 1 aliphatic carbocycles. The number of aromatic nitrogens is 2. The standard InChI is InChI=1S/C22H22N4O5S/c1-28-15-9-12(10-16(29-2)20(15)30-3)19-18-13(23-21-22(24-19)26-31-25-21)7-11(8-14(18)27)17-5-4-6-32-17/h4-6,9-11,19H,7-8H2,1-3H3,(H,23,25)(H,24,26)/t11-,19+/m0/s1. The number of carbonyl (C=O) groups is 1. The number of nitrogens with one attached hydrogen (secondary N) is 2. The number of carbonyl (C=O) groups excluding carboxylic acids is 1. The Balaban J connectivity index is 1.64. The Labute approximate surface area is 188 Å². The third kappa shape index (κ3) is 3.36. The molecule has 3 heterocycles. The van der Waals surface area contributed by atoms with Gasteiger partial charge in [-0.1, -0.05) is 6.07 Å². The van der Waals surface area contributed by atoms with E-state index in [-0.39, 0.29) is 11.7 Å². The molecule has 0 amide bonds. The minimum absolute atomic E-state index is 0.0606. The average Bonchev–Trinajstić information content (AvgIpc) is 3.47. The van der Waals surface area contributed by atoms with Crippen molar-refractivity contribution in [3.05, 3.63) is 51.4 Å². The molecular weight excluding hydrogens is 432 g/mol. The van der Waals surface area contributed by atoms with Gasteiger partial charge in [-0.3, -0.25) is 4.79 Å². The highest BCUT2D eigenvalue weighted by Gasteiger charge is 2.38. The molecule has 1 aliphatic heterocycles. The molecule has 9 nitrogen and oxygen atoms in total. The van der Waals surface area contributed by atoms with Gasteiger partial charge in [0, 0.05) is 28.5 Å². The van der Waals surface area contributed by atoms with Crippen molar-refractivity contribution in [2.24, 2.45) is 0 Å². The summed E-state index contributed by atoms with van der Waals surface area (Å²) in [7, 11) is 4.67. The summed E-state index contributed by atoms with van der Waals surface area (Å²) in [4.78, 5) is 14.7. The fraction of sp³-hybridized carbons (Fsp3) is 0.318. The van der Waals surface area contributed by atoms with Crippen molar-refractivity contribution in [2.75, 3.05) is 32.0 Å². The average molecular weight is 455 g/mol. The second kappa shape index (κ2) is 8.19. The van der Waals surface area contributed by atoms with E-state index in [0.29, 0.717) is 47.3 Å². The molecule has 0 radical (unpaired) electrons. The number of methoxy groups -OCH3 is 3. The summed E-state index contributed by atoms with van der Waals surface area (Å²) in [5, 5.41) is 16.6. The quantitative estimate of drug-likeness (QED) is 0.588. The predicted molar refractivity (Wildman–Crippen MR) is 119 cm³/mol. The number of thiophene rings is 1. The zero-order chi connectivity index (χ0) is 22.2. The van der Waals surface area contributed by atoms with Crippen molar-refractivity contribution >= 4 is 28.8 Å². The topological polar surface area (TPSA) is 108 Å². The summed E-state index contributed by atoms with van der Waals surface area (Å²) in [6.45, 7) is 0. The molecule has 32 heavy (non-hydrogen) atoms. The Bertz CT molecular complexity index is 1160. The zero-order valence-corrected chi connectivity index (χ0v) is 18.6. The van der Waals surface area contributed by atoms with Gasteiger partial charge in [0.25, 0.3) is 0 Å². The lowest BCUT2D eigenvalue weighted by atomic mass is 9.80. The molecule has 0 fully saturated rings. The van der Waals surface area contributed by atoms with Crippen LogP contribution in [0.4, 0.5) is 11.6 Å². The fourth-order valence-electron chi connectivity index (χ4n) is 4.34. The number of allylic oxidation sites excluding steroid dienone is 1. The van der Waals surface area contributed by atoms with Crippen molar-refractivity contribution in [2.45, 2.75) is 24.8 Å². The van der Waals surface area contributed by atoms with Gasteiger partial charge >= 0.3 is 0 Å². The molecule has 0 spiro atoms. The lowest BCUT2D eigenvalue weighted by molar-refractivity contribution is -0.116. The summed E-state index contributed by atoms with van der Waals surface area (Å²) in [5.74, 6) is 2.53. The van der Waals surface area contributed by atoms with Crippen molar-refractivity contribution < 1.29 is 23.6 Å². The Hall–Kier alpha value is -3.53. The molecule has 0 unspecified atom stereocenters. The molecule has 5 rings (SSSR count). The molecule has 2 N–H and O–H groups in total. The van der Waals surface area contributed by atoms with Gasteiger partial charge in [-0.15, -0.1) is 11.3 Å². The van der Waals surface area contributed by atoms with Gasteiger partial charge in [0.05, 0.1) is 27.4 Å². The van der Waals surface area contributed by atoms with Crippen molar-refractivity contribution in [3.8, 4) is 17.2 Å². The van der Waals surface area contributed by atoms with E-state index in [4.69, 9.17) is 18.8 Å². The van der Waals surface area contributed by atoms with E-state index in [1.807, 2.05) is 23.6 Å². The number of benzene rings is 1. The monoisotopic (exact) mass is 454 g/mol. The van der Waals surface area contributed by atoms with Crippen molar-refractivity contribution in [3.63, 3.8) is 0 Å². The van der Waals surface area contributed by atoms with Crippen LogP contribution in [0.5, 0.6) is 17.2 Å². The van der Waals surface area contributed by atoms with E-state index in [1.165, 1.54) is 4.88 Å². The van der Waals surface area contributed by atoms with E-state index < -0.39 is 6.04 Å². The molecule has 1 aromatic carbocycles. The third-order valence-corrected chi connectivity index (χ3v) is 6.84. The van der Waals surface area contributed by atoms with Crippen LogP contribution in [0.15, 0.2) is 45.5 Å². The van der Waals surface area contributed by atoms with Crippen LogP contribution in [0.2, 0.25) is 0 Å². The molecule has 2 aromatic heterocycles. The van der Waals surface area contributed by atoms with Gasteiger partial charge in [-0.05, 0) is 45.9 Å². The number of ketones is 1. The first kappa shape index (κ1) is 20.4. The molecule has 3 aromatic rings. The van der Waals surface area contributed by atoms with Crippen LogP contribution in [-0.4, -0.2) is 37.4 Å². The van der Waals surface area contributed by atoms with E-state index in [9.17, 15) is 4.79 Å². The highest BCUT2D eigenvalue weighted by atomic mass is 32.1. The lowest BCUT2D eigenvalue weighted by Crippen LogP contribution is -2.26. The predicted octanol–water partition coefficient (Wildman–Crippen LogP) is 4.14.